The lowest BCUT2D eigenvalue weighted by Crippen LogP contribution is -2.32. The highest BCUT2D eigenvalue weighted by molar-refractivity contribution is 5.57. The van der Waals surface area contributed by atoms with Crippen molar-refractivity contribution in [2.45, 2.75) is 38.3 Å². The van der Waals surface area contributed by atoms with Gasteiger partial charge in [-0.05, 0) is 26.2 Å². The van der Waals surface area contributed by atoms with Crippen molar-refractivity contribution >= 4 is 5.95 Å². The molecule has 0 spiro atoms. The summed E-state index contributed by atoms with van der Waals surface area (Å²) in [7, 11) is 0. The Hall–Kier alpha value is -1.88. The molecule has 2 unspecified atom stereocenters. The summed E-state index contributed by atoms with van der Waals surface area (Å²) in [6.45, 7) is 3.91. The summed E-state index contributed by atoms with van der Waals surface area (Å²) in [6.07, 6.45) is 3.63. The van der Waals surface area contributed by atoms with Crippen molar-refractivity contribution < 1.29 is 4.74 Å². The molecule has 2 aromatic rings. The van der Waals surface area contributed by atoms with Crippen molar-refractivity contribution in [1.82, 2.24) is 14.8 Å². The van der Waals surface area contributed by atoms with Crippen molar-refractivity contribution in [3.8, 4) is 11.4 Å². The minimum absolute atomic E-state index is 0.290. The first kappa shape index (κ1) is 12.8. The lowest BCUT2D eigenvalue weighted by Gasteiger charge is -2.28. The Morgan fingerprint density at radius 1 is 1.24 bits per heavy atom. The molecule has 1 aromatic heterocycles. The Balaban J connectivity index is 1.68. The average Bonchev–Trinajstić information content (AvgIpc) is 3.17. The summed E-state index contributed by atoms with van der Waals surface area (Å²) in [6, 6.07) is 8.67. The first-order chi connectivity index (χ1) is 10.3. The molecule has 4 rings (SSSR count). The van der Waals surface area contributed by atoms with Gasteiger partial charge in [0.1, 0.15) is 0 Å². The maximum atomic E-state index is 5.86. The van der Waals surface area contributed by atoms with Crippen molar-refractivity contribution in [1.29, 1.82) is 0 Å². The lowest BCUT2D eigenvalue weighted by molar-refractivity contribution is 0.0591. The molecule has 0 radical (unpaired) electrons. The van der Waals surface area contributed by atoms with Crippen LogP contribution >= 0.6 is 0 Å². The molecule has 3 heterocycles. The first-order valence-electron chi connectivity index (χ1n) is 7.70. The van der Waals surface area contributed by atoms with Crippen LogP contribution in [-0.2, 0) is 4.74 Å². The molecule has 0 bridgehead atoms. The SMILES string of the molecule is Cc1ccc(-c2nc3n(n2)C(C2CCCO2)CCN3)cc1. The third-order valence-corrected chi connectivity index (χ3v) is 4.37. The quantitative estimate of drug-likeness (QED) is 0.921. The van der Waals surface area contributed by atoms with E-state index in [0.29, 0.717) is 12.1 Å². The van der Waals surface area contributed by atoms with E-state index in [-0.39, 0.29) is 0 Å². The molecular formula is C16H20N4O. The summed E-state index contributed by atoms with van der Waals surface area (Å²) >= 11 is 0. The molecule has 5 heteroatoms. The van der Waals surface area contributed by atoms with Gasteiger partial charge in [0.15, 0.2) is 5.82 Å². The molecule has 2 atom stereocenters. The summed E-state index contributed by atoms with van der Waals surface area (Å²) in [5.74, 6) is 1.67. The molecule has 21 heavy (non-hydrogen) atoms. The molecule has 0 amide bonds. The fourth-order valence-corrected chi connectivity index (χ4v) is 3.20. The van der Waals surface area contributed by atoms with Crippen molar-refractivity contribution in [3.05, 3.63) is 29.8 Å². The number of aromatic nitrogens is 3. The average molecular weight is 284 g/mol. The van der Waals surface area contributed by atoms with E-state index in [4.69, 9.17) is 9.84 Å². The molecule has 1 aromatic carbocycles. The number of ether oxygens (including phenoxy) is 1. The van der Waals surface area contributed by atoms with Gasteiger partial charge in [-0.15, -0.1) is 5.10 Å². The smallest absolute Gasteiger partial charge is 0.222 e. The van der Waals surface area contributed by atoms with Gasteiger partial charge in [0.25, 0.3) is 0 Å². The molecule has 2 aliphatic rings. The van der Waals surface area contributed by atoms with Crippen LogP contribution in [0.1, 0.15) is 30.9 Å². The van der Waals surface area contributed by atoms with Crippen LogP contribution in [0.4, 0.5) is 5.95 Å². The van der Waals surface area contributed by atoms with Gasteiger partial charge in [-0.2, -0.15) is 4.98 Å². The lowest BCUT2D eigenvalue weighted by atomic mass is 10.0. The summed E-state index contributed by atoms with van der Waals surface area (Å²) in [5.41, 5.74) is 2.31. The van der Waals surface area contributed by atoms with Crippen LogP contribution in [0, 0.1) is 6.92 Å². The van der Waals surface area contributed by atoms with E-state index in [0.717, 1.165) is 49.8 Å². The Labute approximate surface area is 124 Å². The fraction of sp³-hybridized carbons (Fsp3) is 0.500. The topological polar surface area (TPSA) is 52.0 Å². The fourth-order valence-electron chi connectivity index (χ4n) is 3.20. The van der Waals surface area contributed by atoms with E-state index in [1.54, 1.807) is 0 Å². The van der Waals surface area contributed by atoms with E-state index >= 15 is 0 Å². The highest BCUT2D eigenvalue weighted by Gasteiger charge is 2.32. The van der Waals surface area contributed by atoms with Crippen LogP contribution in [0.5, 0.6) is 0 Å². The third kappa shape index (κ3) is 2.31. The zero-order valence-electron chi connectivity index (χ0n) is 12.2. The highest BCUT2D eigenvalue weighted by Crippen LogP contribution is 2.32. The predicted molar refractivity (Wildman–Crippen MR) is 81.3 cm³/mol. The second-order valence-electron chi connectivity index (χ2n) is 5.90. The van der Waals surface area contributed by atoms with Gasteiger partial charge >= 0.3 is 0 Å². The third-order valence-electron chi connectivity index (χ3n) is 4.37. The molecule has 110 valence electrons. The monoisotopic (exact) mass is 284 g/mol. The summed E-state index contributed by atoms with van der Waals surface area (Å²) in [5, 5.41) is 8.09. The van der Waals surface area contributed by atoms with Gasteiger partial charge in [0, 0.05) is 18.7 Å². The van der Waals surface area contributed by atoms with E-state index in [1.165, 1.54) is 5.56 Å². The van der Waals surface area contributed by atoms with Crippen LogP contribution < -0.4 is 5.32 Å². The molecule has 5 nitrogen and oxygen atoms in total. The Morgan fingerprint density at radius 2 is 2.10 bits per heavy atom. The van der Waals surface area contributed by atoms with Gasteiger partial charge in [-0.3, -0.25) is 0 Å². The molecule has 0 aliphatic carbocycles. The maximum Gasteiger partial charge on any atom is 0.222 e. The van der Waals surface area contributed by atoms with Crippen molar-refractivity contribution in [2.75, 3.05) is 18.5 Å². The van der Waals surface area contributed by atoms with Gasteiger partial charge in [0.2, 0.25) is 5.95 Å². The number of rotatable bonds is 2. The zero-order valence-corrected chi connectivity index (χ0v) is 12.2. The van der Waals surface area contributed by atoms with Gasteiger partial charge in [-0.1, -0.05) is 29.8 Å². The Bertz CT molecular complexity index is 628. The maximum absolute atomic E-state index is 5.86. The predicted octanol–water partition coefficient (Wildman–Crippen LogP) is 2.79. The number of hydrogen-bond acceptors (Lipinski definition) is 4. The number of nitrogens with zero attached hydrogens (tertiary/aromatic N) is 3. The Morgan fingerprint density at radius 3 is 2.86 bits per heavy atom. The molecule has 1 N–H and O–H groups in total. The normalized spacial score (nSPS) is 24.6. The first-order valence-corrected chi connectivity index (χ1v) is 7.70. The number of nitrogens with one attached hydrogen (secondary N) is 1. The van der Waals surface area contributed by atoms with Crippen LogP contribution in [0.3, 0.4) is 0 Å². The number of benzene rings is 1. The van der Waals surface area contributed by atoms with Crippen LogP contribution in [0.25, 0.3) is 11.4 Å². The second-order valence-corrected chi connectivity index (χ2v) is 5.90. The standard InChI is InChI=1S/C16H20N4O/c1-11-4-6-12(7-5-11)15-18-16-17-9-8-13(20(16)19-15)14-3-2-10-21-14/h4-7,13-14H,2-3,8-10H2,1H3,(H,17,18,19). The number of aryl methyl sites for hydroxylation is 1. The van der Waals surface area contributed by atoms with E-state index in [1.807, 2.05) is 4.68 Å². The largest absolute Gasteiger partial charge is 0.376 e. The Kier molecular flexibility index (Phi) is 3.15. The van der Waals surface area contributed by atoms with Gasteiger partial charge in [0.05, 0.1) is 12.1 Å². The van der Waals surface area contributed by atoms with E-state index < -0.39 is 0 Å². The summed E-state index contributed by atoms with van der Waals surface area (Å²) < 4.78 is 7.90. The molecule has 0 saturated carbocycles. The number of hydrogen-bond donors (Lipinski definition) is 1. The number of anilines is 1. The second kappa shape index (κ2) is 5.15. The molecule has 1 fully saturated rings. The zero-order chi connectivity index (χ0) is 14.2. The molecule has 2 aliphatic heterocycles. The molecule has 1 saturated heterocycles. The van der Waals surface area contributed by atoms with Crippen molar-refractivity contribution in [3.63, 3.8) is 0 Å². The summed E-state index contributed by atoms with van der Waals surface area (Å²) in [4.78, 5) is 4.66. The minimum atomic E-state index is 0.290. The van der Waals surface area contributed by atoms with E-state index in [9.17, 15) is 0 Å². The highest BCUT2D eigenvalue weighted by atomic mass is 16.5. The van der Waals surface area contributed by atoms with Crippen LogP contribution in [-0.4, -0.2) is 34.0 Å². The van der Waals surface area contributed by atoms with Crippen LogP contribution in [0.2, 0.25) is 0 Å². The van der Waals surface area contributed by atoms with Crippen molar-refractivity contribution in [2.24, 2.45) is 0 Å². The molecular weight excluding hydrogens is 264 g/mol. The van der Waals surface area contributed by atoms with Crippen LogP contribution in [0.15, 0.2) is 24.3 Å². The van der Waals surface area contributed by atoms with Gasteiger partial charge in [-0.25, -0.2) is 4.68 Å². The van der Waals surface area contributed by atoms with Gasteiger partial charge < -0.3 is 10.1 Å². The number of fused-ring (bicyclic) bond motifs is 1. The van der Waals surface area contributed by atoms with E-state index in [2.05, 4.69) is 41.5 Å². The minimum Gasteiger partial charge on any atom is -0.376 e.